The van der Waals surface area contributed by atoms with Gasteiger partial charge in [0, 0.05) is 0 Å². The van der Waals surface area contributed by atoms with E-state index >= 15 is 0 Å². The predicted molar refractivity (Wildman–Crippen MR) is 48.2 cm³/mol. The van der Waals surface area contributed by atoms with Gasteiger partial charge in [0.15, 0.2) is 0 Å². The fourth-order valence-corrected chi connectivity index (χ4v) is 0.707. The van der Waals surface area contributed by atoms with Gasteiger partial charge in [-0.05, 0) is 19.9 Å². The number of rotatable bonds is 5. The maximum Gasteiger partial charge on any atom is 0.308 e. The average molecular weight is 198 g/mol. The third kappa shape index (κ3) is 7.78. The van der Waals surface area contributed by atoms with Crippen molar-refractivity contribution in [3.05, 3.63) is 0 Å². The molecule has 0 aromatic rings. The summed E-state index contributed by atoms with van der Waals surface area (Å²) >= 11 is 0. The van der Waals surface area contributed by atoms with Crippen molar-refractivity contribution < 1.29 is 14.6 Å². The number of hydrogen-bond donors (Lipinski definition) is 2. The molecule has 3 N–H and O–H groups in total. The molecule has 0 aliphatic heterocycles. The summed E-state index contributed by atoms with van der Waals surface area (Å²) in [4.78, 5) is 10.7. The molecule has 12 heavy (non-hydrogen) atoms. The molecule has 0 aromatic carbocycles. The molecule has 0 aliphatic rings. The van der Waals surface area contributed by atoms with Crippen LogP contribution in [-0.2, 0) is 9.53 Å². The van der Waals surface area contributed by atoms with Gasteiger partial charge in [0.2, 0.25) is 0 Å². The van der Waals surface area contributed by atoms with Crippen molar-refractivity contribution in [1.29, 1.82) is 0 Å². The van der Waals surface area contributed by atoms with Crippen LogP contribution in [0.25, 0.3) is 0 Å². The number of carbonyl (C=O) groups excluding carboxylic acids is 1. The fourth-order valence-electron chi connectivity index (χ4n) is 0.707. The molecule has 0 amide bonds. The maximum absolute atomic E-state index is 10.7. The molecule has 0 heterocycles. The van der Waals surface area contributed by atoms with Gasteiger partial charge in [-0.25, -0.2) is 0 Å². The van der Waals surface area contributed by atoms with Crippen molar-refractivity contribution in [3.63, 3.8) is 0 Å². The lowest BCUT2D eigenvalue weighted by atomic mass is 10.2. The lowest BCUT2D eigenvalue weighted by Gasteiger charge is -2.07. The van der Waals surface area contributed by atoms with Crippen LogP contribution >= 0.6 is 12.4 Å². The summed E-state index contributed by atoms with van der Waals surface area (Å²) in [6, 6.07) is 0. The zero-order chi connectivity index (χ0) is 8.69. The fraction of sp³-hybridized carbons (Fsp3) is 0.857. The van der Waals surface area contributed by atoms with E-state index in [-0.39, 0.29) is 24.8 Å². The van der Waals surface area contributed by atoms with Crippen LogP contribution in [-0.4, -0.2) is 30.3 Å². The SMILES string of the molecule is CCOC(=O)CC(O)CCN.Cl. The molecule has 0 saturated heterocycles. The van der Waals surface area contributed by atoms with E-state index in [4.69, 9.17) is 10.8 Å². The second-order valence-corrected chi connectivity index (χ2v) is 2.24. The third-order valence-electron chi connectivity index (χ3n) is 1.21. The molecule has 0 saturated carbocycles. The molecule has 0 aliphatic carbocycles. The smallest absolute Gasteiger partial charge is 0.308 e. The predicted octanol–water partition coefficient (Wildman–Crippen LogP) is 0.0711. The standard InChI is InChI=1S/C7H15NO3.ClH/c1-2-11-7(10)5-6(9)3-4-8;/h6,9H,2-5,8H2,1H3;1H. The number of ether oxygens (including phenoxy) is 1. The molecule has 0 radical (unpaired) electrons. The summed E-state index contributed by atoms with van der Waals surface area (Å²) in [6.07, 6.45) is -0.164. The first-order chi connectivity index (χ1) is 5.20. The number of esters is 1. The Morgan fingerprint density at radius 1 is 1.67 bits per heavy atom. The molecule has 1 atom stereocenters. The second kappa shape index (κ2) is 8.77. The van der Waals surface area contributed by atoms with E-state index in [2.05, 4.69) is 4.74 Å². The van der Waals surface area contributed by atoms with Gasteiger partial charge < -0.3 is 15.6 Å². The van der Waals surface area contributed by atoms with Gasteiger partial charge in [-0.1, -0.05) is 0 Å². The number of aliphatic hydroxyl groups excluding tert-OH is 1. The molecular formula is C7H16ClNO3. The quantitative estimate of drug-likeness (QED) is 0.612. The molecule has 0 rings (SSSR count). The molecule has 1 unspecified atom stereocenters. The van der Waals surface area contributed by atoms with Crippen LogP contribution in [0.5, 0.6) is 0 Å². The second-order valence-electron chi connectivity index (χ2n) is 2.24. The highest BCUT2D eigenvalue weighted by atomic mass is 35.5. The minimum Gasteiger partial charge on any atom is -0.466 e. The first kappa shape index (κ1) is 14.2. The minimum absolute atomic E-state index is 0. The van der Waals surface area contributed by atoms with Crippen molar-refractivity contribution in [2.24, 2.45) is 5.73 Å². The number of hydrogen-bond acceptors (Lipinski definition) is 4. The van der Waals surface area contributed by atoms with Crippen LogP contribution in [0.3, 0.4) is 0 Å². The Bertz CT molecular complexity index is 121. The normalized spacial score (nSPS) is 11.6. The van der Waals surface area contributed by atoms with Crippen molar-refractivity contribution >= 4 is 18.4 Å². The summed E-state index contributed by atoms with van der Waals surface area (Å²) in [7, 11) is 0. The number of aliphatic hydroxyl groups is 1. The first-order valence-electron chi connectivity index (χ1n) is 3.74. The molecule has 0 spiro atoms. The topological polar surface area (TPSA) is 72.5 Å². The zero-order valence-corrected chi connectivity index (χ0v) is 7.97. The van der Waals surface area contributed by atoms with Gasteiger partial charge in [0.1, 0.15) is 0 Å². The zero-order valence-electron chi connectivity index (χ0n) is 7.16. The van der Waals surface area contributed by atoms with Gasteiger partial charge in [-0.2, -0.15) is 0 Å². The Labute approximate surface area is 78.5 Å². The Balaban J connectivity index is 0. The van der Waals surface area contributed by atoms with E-state index < -0.39 is 6.10 Å². The lowest BCUT2D eigenvalue weighted by molar-refractivity contribution is -0.145. The Kier molecular flexibility index (Phi) is 10.4. The number of nitrogens with two attached hydrogens (primary N) is 1. The van der Waals surface area contributed by atoms with E-state index in [0.29, 0.717) is 19.6 Å². The highest BCUT2D eigenvalue weighted by Gasteiger charge is 2.09. The van der Waals surface area contributed by atoms with E-state index in [1.165, 1.54) is 0 Å². The number of carbonyl (C=O) groups is 1. The van der Waals surface area contributed by atoms with Crippen LogP contribution in [0.1, 0.15) is 19.8 Å². The van der Waals surface area contributed by atoms with E-state index in [0.717, 1.165) is 0 Å². The van der Waals surface area contributed by atoms with Crippen molar-refractivity contribution in [2.45, 2.75) is 25.9 Å². The van der Waals surface area contributed by atoms with E-state index in [1.54, 1.807) is 6.92 Å². The van der Waals surface area contributed by atoms with Gasteiger partial charge in [-0.15, -0.1) is 12.4 Å². The van der Waals surface area contributed by atoms with Crippen molar-refractivity contribution in [1.82, 2.24) is 0 Å². The van der Waals surface area contributed by atoms with Gasteiger partial charge in [0.05, 0.1) is 19.1 Å². The minimum atomic E-state index is -0.654. The molecule has 74 valence electrons. The monoisotopic (exact) mass is 197 g/mol. The van der Waals surface area contributed by atoms with Crippen molar-refractivity contribution in [2.75, 3.05) is 13.2 Å². The van der Waals surface area contributed by atoms with Crippen LogP contribution < -0.4 is 5.73 Å². The molecule has 5 heteroatoms. The molecule has 0 fully saturated rings. The highest BCUT2D eigenvalue weighted by molar-refractivity contribution is 5.85. The van der Waals surface area contributed by atoms with Crippen LogP contribution in [0.2, 0.25) is 0 Å². The Morgan fingerprint density at radius 3 is 2.67 bits per heavy atom. The average Bonchev–Trinajstić information content (AvgIpc) is 1.87. The lowest BCUT2D eigenvalue weighted by Crippen LogP contribution is -2.19. The van der Waals surface area contributed by atoms with Gasteiger partial charge in [-0.3, -0.25) is 4.79 Å². The van der Waals surface area contributed by atoms with Crippen molar-refractivity contribution in [3.8, 4) is 0 Å². The molecule has 4 nitrogen and oxygen atoms in total. The van der Waals surface area contributed by atoms with Crippen LogP contribution in [0, 0.1) is 0 Å². The van der Waals surface area contributed by atoms with E-state index in [1.807, 2.05) is 0 Å². The summed E-state index contributed by atoms with van der Waals surface area (Å²) in [5.41, 5.74) is 5.17. The molecule has 0 aromatic heterocycles. The summed E-state index contributed by atoms with van der Waals surface area (Å²) < 4.78 is 4.62. The van der Waals surface area contributed by atoms with Gasteiger partial charge in [0.25, 0.3) is 0 Å². The largest absolute Gasteiger partial charge is 0.466 e. The summed E-state index contributed by atoms with van der Waals surface area (Å²) in [5, 5.41) is 9.07. The van der Waals surface area contributed by atoms with Gasteiger partial charge >= 0.3 is 5.97 Å². The third-order valence-corrected chi connectivity index (χ3v) is 1.21. The molecular weight excluding hydrogens is 182 g/mol. The Morgan fingerprint density at radius 2 is 2.25 bits per heavy atom. The summed E-state index contributed by atoms with van der Waals surface area (Å²) in [5.74, 6) is -0.367. The number of halogens is 1. The maximum atomic E-state index is 10.7. The first-order valence-corrected chi connectivity index (χ1v) is 3.74. The Hall–Kier alpha value is -0.320. The summed E-state index contributed by atoms with van der Waals surface area (Å²) in [6.45, 7) is 2.47. The molecule has 0 bridgehead atoms. The van der Waals surface area contributed by atoms with Crippen LogP contribution in [0.4, 0.5) is 0 Å². The van der Waals surface area contributed by atoms with E-state index in [9.17, 15) is 4.79 Å². The highest BCUT2D eigenvalue weighted by Crippen LogP contribution is 1.97. The van der Waals surface area contributed by atoms with Crippen LogP contribution in [0.15, 0.2) is 0 Å².